The number of carbonyl (C=O) groups excluding carboxylic acids is 1. The van der Waals surface area contributed by atoms with Crippen LogP contribution >= 0.6 is 0 Å². The number of hydrogen-bond donors (Lipinski definition) is 0. The molecule has 3 heteroatoms. The molecule has 0 N–H and O–H groups in total. The molecule has 3 nitrogen and oxygen atoms in total. The Kier molecular flexibility index (Phi) is 2.42. The molecule has 0 unspecified atom stereocenters. The summed E-state index contributed by atoms with van der Waals surface area (Å²) in [5.74, 6) is 0.336. The van der Waals surface area contributed by atoms with Crippen molar-refractivity contribution in [2.75, 3.05) is 26.2 Å². The number of hydrogen-bond acceptors (Lipinski definition) is 3. The monoisotopic (exact) mass is 168 g/mol. The van der Waals surface area contributed by atoms with Gasteiger partial charge >= 0.3 is 0 Å². The summed E-state index contributed by atoms with van der Waals surface area (Å²) in [4.78, 5) is 10.5. The minimum atomic E-state index is 0.336. The lowest BCUT2D eigenvalue weighted by Crippen LogP contribution is -2.53. The fourth-order valence-electron chi connectivity index (χ4n) is 1.89. The Balaban J connectivity index is 1.77. The summed E-state index contributed by atoms with van der Waals surface area (Å²) < 4.78 is 0. The van der Waals surface area contributed by atoms with E-state index in [0.29, 0.717) is 5.92 Å². The molecule has 2 saturated heterocycles. The third kappa shape index (κ3) is 1.52. The van der Waals surface area contributed by atoms with E-state index in [1.807, 2.05) is 0 Å². The summed E-state index contributed by atoms with van der Waals surface area (Å²) in [5, 5.41) is 4.81. The molecule has 68 valence electrons. The molecule has 2 aliphatic rings. The van der Waals surface area contributed by atoms with Crippen molar-refractivity contribution < 1.29 is 4.79 Å². The van der Waals surface area contributed by atoms with Gasteiger partial charge in [-0.25, -0.2) is 10.0 Å². The smallest absolute Gasteiger partial charge is 0.123 e. The lowest BCUT2D eigenvalue weighted by Gasteiger charge is -2.43. The molecule has 0 aromatic rings. The first-order valence-electron chi connectivity index (χ1n) is 4.85. The van der Waals surface area contributed by atoms with Crippen LogP contribution in [0.2, 0.25) is 0 Å². The third-order valence-corrected chi connectivity index (χ3v) is 2.94. The molecule has 2 fully saturated rings. The van der Waals surface area contributed by atoms with Crippen molar-refractivity contribution in [1.29, 1.82) is 0 Å². The molecule has 0 spiro atoms. The maximum atomic E-state index is 10.5. The predicted molar refractivity (Wildman–Crippen MR) is 46.6 cm³/mol. The average molecular weight is 168 g/mol. The van der Waals surface area contributed by atoms with Gasteiger partial charge in [0.1, 0.15) is 6.29 Å². The highest BCUT2D eigenvalue weighted by molar-refractivity contribution is 5.53. The molecule has 0 aromatic heterocycles. The van der Waals surface area contributed by atoms with E-state index >= 15 is 0 Å². The molecule has 12 heavy (non-hydrogen) atoms. The van der Waals surface area contributed by atoms with E-state index in [1.165, 1.54) is 19.5 Å². The Bertz CT molecular complexity index is 160. The highest BCUT2D eigenvalue weighted by Crippen LogP contribution is 2.19. The zero-order chi connectivity index (χ0) is 8.39. The molecule has 2 heterocycles. The zero-order valence-electron chi connectivity index (χ0n) is 7.41. The average Bonchev–Trinajstić information content (AvgIpc) is 2.03. The maximum absolute atomic E-state index is 10.5. The van der Waals surface area contributed by atoms with Crippen LogP contribution in [0.1, 0.15) is 19.3 Å². The summed E-state index contributed by atoms with van der Waals surface area (Å²) in [6.45, 7) is 4.63. The first-order valence-corrected chi connectivity index (χ1v) is 4.85. The summed E-state index contributed by atoms with van der Waals surface area (Å²) in [6, 6.07) is 0. The van der Waals surface area contributed by atoms with Gasteiger partial charge in [0, 0.05) is 32.1 Å². The first-order chi connectivity index (χ1) is 5.90. The third-order valence-electron chi connectivity index (χ3n) is 2.94. The van der Waals surface area contributed by atoms with Crippen LogP contribution in [0.5, 0.6) is 0 Å². The molecular weight excluding hydrogens is 152 g/mol. The van der Waals surface area contributed by atoms with E-state index in [2.05, 4.69) is 10.0 Å². The van der Waals surface area contributed by atoms with Crippen molar-refractivity contribution in [3.63, 3.8) is 0 Å². The number of rotatable bonds is 2. The van der Waals surface area contributed by atoms with Gasteiger partial charge in [-0.05, 0) is 19.3 Å². The quantitative estimate of drug-likeness (QED) is 0.562. The van der Waals surface area contributed by atoms with Crippen LogP contribution < -0.4 is 0 Å². The number of piperidine rings is 1. The highest BCUT2D eigenvalue weighted by Gasteiger charge is 2.26. The van der Waals surface area contributed by atoms with Crippen LogP contribution in [-0.2, 0) is 4.79 Å². The van der Waals surface area contributed by atoms with Gasteiger partial charge in [-0.3, -0.25) is 0 Å². The summed E-state index contributed by atoms with van der Waals surface area (Å²) in [6.07, 6.45) is 4.57. The molecule has 0 aromatic carbocycles. The van der Waals surface area contributed by atoms with Crippen molar-refractivity contribution in [3.8, 4) is 0 Å². The Morgan fingerprint density at radius 3 is 2.00 bits per heavy atom. The van der Waals surface area contributed by atoms with Crippen molar-refractivity contribution in [2.24, 2.45) is 5.92 Å². The van der Waals surface area contributed by atoms with Gasteiger partial charge in [-0.2, -0.15) is 0 Å². The molecule has 2 rings (SSSR count). The Labute approximate surface area is 73.3 Å². The van der Waals surface area contributed by atoms with Crippen LogP contribution in [0.25, 0.3) is 0 Å². The van der Waals surface area contributed by atoms with Gasteiger partial charge in [0.05, 0.1) is 0 Å². The van der Waals surface area contributed by atoms with Crippen molar-refractivity contribution in [3.05, 3.63) is 0 Å². The van der Waals surface area contributed by atoms with Crippen LogP contribution in [0.3, 0.4) is 0 Å². The summed E-state index contributed by atoms with van der Waals surface area (Å²) in [7, 11) is 0. The van der Waals surface area contributed by atoms with Gasteiger partial charge in [-0.1, -0.05) is 0 Å². The lowest BCUT2D eigenvalue weighted by atomic mass is 9.99. The van der Waals surface area contributed by atoms with Crippen LogP contribution in [-0.4, -0.2) is 42.5 Å². The largest absolute Gasteiger partial charge is 0.303 e. The Hall–Kier alpha value is -0.410. The van der Waals surface area contributed by atoms with E-state index in [-0.39, 0.29) is 0 Å². The number of aldehydes is 1. The molecular formula is C9H16N2O. The van der Waals surface area contributed by atoms with Gasteiger partial charge < -0.3 is 4.79 Å². The molecule has 0 amide bonds. The molecule has 0 bridgehead atoms. The minimum absolute atomic E-state index is 0.336. The van der Waals surface area contributed by atoms with Crippen LogP contribution in [0, 0.1) is 5.92 Å². The fraction of sp³-hybridized carbons (Fsp3) is 0.889. The minimum Gasteiger partial charge on any atom is -0.303 e. The Morgan fingerprint density at radius 1 is 1.00 bits per heavy atom. The molecule has 0 atom stereocenters. The summed E-state index contributed by atoms with van der Waals surface area (Å²) >= 11 is 0. The second-order valence-corrected chi connectivity index (χ2v) is 3.73. The number of carbonyl (C=O) groups is 1. The highest BCUT2D eigenvalue weighted by atomic mass is 16.1. The van der Waals surface area contributed by atoms with E-state index in [1.54, 1.807) is 0 Å². The van der Waals surface area contributed by atoms with E-state index in [4.69, 9.17) is 0 Å². The van der Waals surface area contributed by atoms with Crippen molar-refractivity contribution in [1.82, 2.24) is 10.0 Å². The van der Waals surface area contributed by atoms with Gasteiger partial charge in [-0.15, -0.1) is 0 Å². The Morgan fingerprint density at radius 2 is 1.58 bits per heavy atom. The second kappa shape index (κ2) is 3.54. The van der Waals surface area contributed by atoms with E-state index in [9.17, 15) is 4.79 Å². The predicted octanol–water partition coefficient (Wildman–Crippen LogP) is 0.518. The number of hydrazine groups is 1. The molecule has 0 radical (unpaired) electrons. The van der Waals surface area contributed by atoms with Gasteiger partial charge in [0.2, 0.25) is 0 Å². The van der Waals surface area contributed by atoms with Crippen LogP contribution in [0.4, 0.5) is 0 Å². The van der Waals surface area contributed by atoms with Crippen molar-refractivity contribution >= 4 is 6.29 Å². The molecule has 2 aliphatic heterocycles. The first kappa shape index (κ1) is 8.20. The van der Waals surface area contributed by atoms with E-state index < -0.39 is 0 Å². The lowest BCUT2D eigenvalue weighted by molar-refractivity contribution is -0.118. The maximum Gasteiger partial charge on any atom is 0.123 e. The van der Waals surface area contributed by atoms with Gasteiger partial charge in [0.15, 0.2) is 0 Å². The standard InChI is InChI=1S/C9H16N2O/c12-8-9-2-6-11(7-3-9)10-4-1-5-10/h8-9H,1-7H2. The molecule has 0 saturated carbocycles. The van der Waals surface area contributed by atoms with Gasteiger partial charge in [0.25, 0.3) is 0 Å². The topological polar surface area (TPSA) is 23.6 Å². The SMILES string of the molecule is O=CC1CCN(N2CCC2)CC1. The zero-order valence-corrected chi connectivity index (χ0v) is 7.41. The van der Waals surface area contributed by atoms with E-state index in [0.717, 1.165) is 32.2 Å². The molecule has 0 aliphatic carbocycles. The van der Waals surface area contributed by atoms with Crippen LogP contribution in [0.15, 0.2) is 0 Å². The normalized spacial score (nSPS) is 28.3. The summed E-state index contributed by atoms with van der Waals surface area (Å²) in [5.41, 5.74) is 0. The second-order valence-electron chi connectivity index (χ2n) is 3.73. The van der Waals surface area contributed by atoms with Crippen molar-refractivity contribution in [2.45, 2.75) is 19.3 Å². The fourth-order valence-corrected chi connectivity index (χ4v) is 1.89. The number of nitrogens with zero attached hydrogens (tertiary/aromatic N) is 2.